The SMILES string of the molecule is CC(C)=CCc1c(O)ccc(C(=O)[C@H]2[C@@H](c3c(O)cc(-c4cc5ccc(O)cc5o4)cc3O)C=C(C)C[C@@H]2c2ccc(C)cc2O)c1O. The van der Waals surface area contributed by atoms with Gasteiger partial charge in [0.25, 0.3) is 0 Å². The lowest BCUT2D eigenvalue weighted by Gasteiger charge is -2.37. The van der Waals surface area contributed by atoms with Gasteiger partial charge < -0.3 is 35.1 Å². The molecule has 48 heavy (non-hydrogen) atoms. The highest BCUT2D eigenvalue weighted by molar-refractivity contribution is 6.02. The number of Topliss-reactive ketones (excluding diaryl/α,β-unsaturated/α-hetero) is 1. The molecule has 0 fully saturated rings. The summed E-state index contributed by atoms with van der Waals surface area (Å²) in [6, 6.07) is 17.4. The second-order valence-corrected chi connectivity index (χ2v) is 13.0. The molecule has 0 amide bonds. The van der Waals surface area contributed by atoms with Crippen molar-refractivity contribution in [3.8, 4) is 45.8 Å². The molecule has 5 aromatic rings. The summed E-state index contributed by atoms with van der Waals surface area (Å²) in [5.74, 6) is -3.52. The van der Waals surface area contributed by atoms with Crippen LogP contribution >= 0.6 is 0 Å². The van der Waals surface area contributed by atoms with E-state index >= 15 is 0 Å². The Morgan fingerprint density at radius 1 is 0.833 bits per heavy atom. The summed E-state index contributed by atoms with van der Waals surface area (Å²) < 4.78 is 5.90. The molecule has 1 heterocycles. The Morgan fingerprint density at radius 3 is 2.25 bits per heavy atom. The topological polar surface area (TPSA) is 152 Å². The maximum absolute atomic E-state index is 14.7. The number of furan rings is 1. The second-order valence-electron chi connectivity index (χ2n) is 13.0. The Bertz CT molecular complexity index is 2110. The molecule has 0 saturated heterocycles. The number of aryl methyl sites for hydroxylation is 1. The number of phenolic OH excluding ortho intramolecular Hbond substituents is 6. The average Bonchev–Trinajstić information content (AvgIpc) is 3.43. The molecule has 0 radical (unpaired) electrons. The fraction of sp³-hybridized carbons (Fsp3) is 0.225. The number of allylic oxidation sites excluding steroid dienone is 4. The molecule has 3 atom stereocenters. The van der Waals surface area contributed by atoms with Gasteiger partial charge in [0.1, 0.15) is 45.8 Å². The van der Waals surface area contributed by atoms with E-state index in [4.69, 9.17) is 4.42 Å². The van der Waals surface area contributed by atoms with Crippen LogP contribution in [0.1, 0.15) is 71.6 Å². The van der Waals surface area contributed by atoms with Gasteiger partial charge in [-0.3, -0.25) is 4.79 Å². The fourth-order valence-corrected chi connectivity index (χ4v) is 6.86. The summed E-state index contributed by atoms with van der Waals surface area (Å²) in [4.78, 5) is 14.7. The summed E-state index contributed by atoms with van der Waals surface area (Å²) in [5, 5.41) is 66.8. The number of hydrogen-bond donors (Lipinski definition) is 6. The van der Waals surface area contributed by atoms with Crippen LogP contribution in [-0.2, 0) is 6.42 Å². The molecule has 0 saturated carbocycles. The van der Waals surface area contributed by atoms with Crippen LogP contribution in [0.3, 0.4) is 0 Å². The van der Waals surface area contributed by atoms with Crippen LogP contribution in [0.5, 0.6) is 34.5 Å². The molecule has 246 valence electrons. The number of benzene rings is 4. The first-order chi connectivity index (χ1) is 22.8. The number of aromatic hydroxyl groups is 6. The van der Waals surface area contributed by atoms with Crippen molar-refractivity contribution >= 4 is 16.8 Å². The van der Waals surface area contributed by atoms with E-state index in [1.165, 1.54) is 36.4 Å². The van der Waals surface area contributed by atoms with Gasteiger partial charge in [-0.25, -0.2) is 0 Å². The number of fused-ring (bicyclic) bond motifs is 1. The van der Waals surface area contributed by atoms with Crippen molar-refractivity contribution in [3.05, 3.63) is 118 Å². The Hall–Kier alpha value is -5.63. The zero-order valence-corrected chi connectivity index (χ0v) is 27.2. The van der Waals surface area contributed by atoms with Gasteiger partial charge in [0.2, 0.25) is 0 Å². The van der Waals surface area contributed by atoms with Crippen LogP contribution < -0.4 is 0 Å². The summed E-state index contributed by atoms with van der Waals surface area (Å²) in [6.45, 7) is 7.54. The Labute approximate surface area is 278 Å². The Morgan fingerprint density at radius 2 is 1.56 bits per heavy atom. The maximum atomic E-state index is 14.7. The van der Waals surface area contributed by atoms with Crippen LogP contribution in [0.4, 0.5) is 0 Å². The summed E-state index contributed by atoms with van der Waals surface area (Å²) in [5.41, 5.74) is 4.36. The molecule has 1 aliphatic carbocycles. The number of ketones is 1. The standard InChI is InChI=1S/C40H38O8/c1-20(2)5-9-27-31(42)12-11-28(39(27)46)40(47)37-29(26-10-6-21(3)15-32(26)43)13-22(4)14-30(37)38-33(44)16-24(17-34(38)45)35-18-23-7-8-25(41)19-36(23)48-35/h5-8,10-12,14-19,29-30,37,41-46H,9,13H2,1-4H3/t29-,30+,37-/m1/s1. The number of rotatable bonds is 7. The Kier molecular flexibility index (Phi) is 8.43. The number of carbonyl (C=O) groups excluding carboxylic acids is 1. The van der Waals surface area contributed by atoms with E-state index in [1.54, 1.807) is 24.3 Å². The van der Waals surface area contributed by atoms with Crippen LogP contribution in [0.15, 0.2) is 94.4 Å². The lowest BCUT2D eigenvalue weighted by Crippen LogP contribution is -2.31. The molecular weight excluding hydrogens is 608 g/mol. The van der Waals surface area contributed by atoms with Gasteiger partial charge in [-0.15, -0.1) is 0 Å². The molecule has 0 unspecified atom stereocenters. The van der Waals surface area contributed by atoms with Gasteiger partial charge in [0.05, 0.1) is 5.56 Å². The predicted octanol–water partition coefficient (Wildman–Crippen LogP) is 8.87. The minimum Gasteiger partial charge on any atom is -0.508 e. The third-order valence-corrected chi connectivity index (χ3v) is 9.21. The monoisotopic (exact) mass is 646 g/mol. The van der Waals surface area contributed by atoms with E-state index in [0.29, 0.717) is 28.9 Å². The summed E-state index contributed by atoms with van der Waals surface area (Å²) in [6.07, 6.45) is 4.29. The highest BCUT2D eigenvalue weighted by Crippen LogP contribution is 2.53. The first-order valence-corrected chi connectivity index (χ1v) is 15.8. The van der Waals surface area contributed by atoms with Crippen molar-refractivity contribution in [1.82, 2.24) is 0 Å². The molecule has 0 spiro atoms. The lowest BCUT2D eigenvalue weighted by atomic mass is 9.65. The van der Waals surface area contributed by atoms with Crippen molar-refractivity contribution in [1.29, 1.82) is 0 Å². The molecule has 8 heteroatoms. The van der Waals surface area contributed by atoms with Crippen molar-refractivity contribution < 1.29 is 39.9 Å². The first kappa shape index (κ1) is 32.3. The predicted molar refractivity (Wildman–Crippen MR) is 184 cm³/mol. The average molecular weight is 647 g/mol. The molecule has 4 aromatic carbocycles. The second kappa shape index (κ2) is 12.5. The van der Waals surface area contributed by atoms with Crippen molar-refractivity contribution in [2.45, 2.75) is 52.4 Å². The first-order valence-electron chi connectivity index (χ1n) is 15.8. The molecule has 6 N–H and O–H groups in total. The van der Waals surface area contributed by atoms with Crippen LogP contribution in [0.25, 0.3) is 22.3 Å². The van der Waals surface area contributed by atoms with Crippen LogP contribution in [0, 0.1) is 12.8 Å². The third kappa shape index (κ3) is 5.97. The highest BCUT2D eigenvalue weighted by Gasteiger charge is 2.43. The van der Waals surface area contributed by atoms with Gasteiger partial charge in [-0.1, -0.05) is 35.4 Å². The molecule has 0 aliphatic heterocycles. The number of hydrogen-bond acceptors (Lipinski definition) is 8. The molecular formula is C40H38O8. The van der Waals surface area contributed by atoms with Crippen LogP contribution in [-0.4, -0.2) is 36.4 Å². The largest absolute Gasteiger partial charge is 0.508 e. The molecule has 0 bridgehead atoms. The molecule has 1 aliphatic rings. The third-order valence-electron chi connectivity index (χ3n) is 9.21. The minimum absolute atomic E-state index is 0.00867. The number of carbonyl (C=O) groups is 1. The van der Waals surface area contributed by atoms with E-state index in [2.05, 4.69) is 0 Å². The Balaban J connectivity index is 1.51. The smallest absolute Gasteiger partial charge is 0.171 e. The van der Waals surface area contributed by atoms with E-state index < -0.39 is 23.5 Å². The summed E-state index contributed by atoms with van der Waals surface area (Å²) in [7, 11) is 0. The summed E-state index contributed by atoms with van der Waals surface area (Å²) >= 11 is 0. The van der Waals surface area contributed by atoms with Gasteiger partial charge in [0, 0.05) is 45.9 Å². The maximum Gasteiger partial charge on any atom is 0.171 e. The van der Waals surface area contributed by atoms with E-state index in [9.17, 15) is 35.4 Å². The molecule has 1 aromatic heterocycles. The molecule has 6 rings (SSSR count). The van der Waals surface area contributed by atoms with Gasteiger partial charge in [0.15, 0.2) is 5.78 Å². The van der Waals surface area contributed by atoms with Gasteiger partial charge in [-0.05, 0) is 100 Å². The van der Waals surface area contributed by atoms with Crippen LogP contribution in [0.2, 0.25) is 0 Å². The minimum atomic E-state index is -0.981. The van der Waals surface area contributed by atoms with Gasteiger partial charge in [-0.2, -0.15) is 0 Å². The van der Waals surface area contributed by atoms with Crippen molar-refractivity contribution in [3.63, 3.8) is 0 Å². The van der Waals surface area contributed by atoms with Crippen molar-refractivity contribution in [2.24, 2.45) is 5.92 Å². The quantitative estimate of drug-likeness (QED) is 0.0758. The number of phenols is 6. The van der Waals surface area contributed by atoms with E-state index in [1.807, 2.05) is 45.9 Å². The zero-order chi connectivity index (χ0) is 34.4. The lowest BCUT2D eigenvalue weighted by molar-refractivity contribution is 0.0876. The highest BCUT2D eigenvalue weighted by atomic mass is 16.3. The van der Waals surface area contributed by atoms with E-state index in [0.717, 1.165) is 22.1 Å². The molecule has 8 nitrogen and oxygen atoms in total. The van der Waals surface area contributed by atoms with Gasteiger partial charge >= 0.3 is 0 Å². The fourth-order valence-electron chi connectivity index (χ4n) is 6.86. The van der Waals surface area contributed by atoms with E-state index in [-0.39, 0.29) is 57.6 Å². The van der Waals surface area contributed by atoms with Crippen molar-refractivity contribution in [2.75, 3.05) is 0 Å². The normalized spacial score (nSPS) is 17.7. The zero-order valence-electron chi connectivity index (χ0n) is 27.2.